The van der Waals surface area contributed by atoms with Crippen LogP contribution in [0.1, 0.15) is 34.6 Å². The Labute approximate surface area is 192 Å². The highest BCUT2D eigenvalue weighted by Gasteiger charge is 2.24. The number of aliphatic imine (C=N–C) groups is 1. The molecule has 29 heavy (non-hydrogen) atoms. The summed E-state index contributed by atoms with van der Waals surface area (Å²) in [4.78, 5) is 17.2. The topological polar surface area (TPSA) is 92.2 Å². The number of carbonyl (C=O) groups excluding carboxylic acids is 1. The van der Waals surface area contributed by atoms with E-state index in [2.05, 4.69) is 15.6 Å². The van der Waals surface area contributed by atoms with E-state index in [1.54, 1.807) is 19.1 Å². The number of esters is 1. The Kier molecular flexibility index (Phi) is 10.4. The lowest BCUT2D eigenvalue weighted by Crippen LogP contribution is -2.44. The van der Waals surface area contributed by atoms with E-state index < -0.39 is 11.6 Å². The predicted octanol–water partition coefficient (Wildman–Crippen LogP) is 3.12. The Bertz CT molecular complexity index is 810. The number of halogens is 1. The first-order valence-corrected chi connectivity index (χ1v) is 9.83. The smallest absolute Gasteiger partial charge is 0.341 e. The molecule has 1 aromatic heterocycles. The van der Waals surface area contributed by atoms with Gasteiger partial charge in [-0.1, -0.05) is 12.1 Å². The van der Waals surface area contributed by atoms with Gasteiger partial charge in [-0.05, 0) is 43.0 Å². The molecular formula is C20H28IN3O4S. The molecular weight excluding hydrogens is 505 g/mol. The van der Waals surface area contributed by atoms with Gasteiger partial charge >= 0.3 is 5.97 Å². The Morgan fingerprint density at radius 3 is 2.62 bits per heavy atom. The minimum atomic E-state index is -0.990. The SMILES string of the molecule is CCNC(=NCc1ccc(C(=O)OC)c(OC)c1)NCC(C)(O)c1cccs1.I. The maximum Gasteiger partial charge on any atom is 0.341 e. The molecule has 0 aliphatic heterocycles. The van der Waals surface area contributed by atoms with Crippen molar-refractivity contribution in [1.82, 2.24) is 10.6 Å². The van der Waals surface area contributed by atoms with E-state index in [1.165, 1.54) is 25.6 Å². The predicted molar refractivity (Wildman–Crippen MR) is 126 cm³/mol. The number of nitrogens with one attached hydrogen (secondary N) is 2. The molecule has 0 aliphatic rings. The maximum atomic E-state index is 11.8. The van der Waals surface area contributed by atoms with Crippen LogP contribution in [0.25, 0.3) is 0 Å². The van der Waals surface area contributed by atoms with Crippen LogP contribution in [0.3, 0.4) is 0 Å². The number of carbonyl (C=O) groups is 1. The lowest BCUT2D eigenvalue weighted by Gasteiger charge is -2.23. The van der Waals surface area contributed by atoms with Gasteiger partial charge in [0.05, 0.1) is 27.3 Å². The van der Waals surface area contributed by atoms with Crippen LogP contribution in [0.5, 0.6) is 5.75 Å². The summed E-state index contributed by atoms with van der Waals surface area (Å²) in [5.41, 5.74) is 0.261. The summed E-state index contributed by atoms with van der Waals surface area (Å²) < 4.78 is 10.0. The van der Waals surface area contributed by atoms with Gasteiger partial charge in [-0.3, -0.25) is 0 Å². The number of aliphatic hydroxyl groups is 1. The maximum absolute atomic E-state index is 11.8. The number of methoxy groups -OCH3 is 2. The van der Waals surface area contributed by atoms with Crippen LogP contribution in [0.2, 0.25) is 0 Å². The van der Waals surface area contributed by atoms with Crippen molar-refractivity contribution in [3.8, 4) is 5.75 Å². The van der Waals surface area contributed by atoms with Crippen LogP contribution in [-0.2, 0) is 16.9 Å². The highest BCUT2D eigenvalue weighted by atomic mass is 127. The first kappa shape index (κ1) is 25.2. The number of nitrogens with zero attached hydrogens (tertiary/aromatic N) is 1. The van der Waals surface area contributed by atoms with Crippen molar-refractivity contribution in [2.45, 2.75) is 26.0 Å². The van der Waals surface area contributed by atoms with Gasteiger partial charge in [0.25, 0.3) is 0 Å². The summed E-state index contributed by atoms with van der Waals surface area (Å²) in [5, 5.41) is 18.9. The van der Waals surface area contributed by atoms with Crippen LogP contribution in [0, 0.1) is 0 Å². The second-order valence-electron chi connectivity index (χ2n) is 6.33. The molecule has 3 N–H and O–H groups in total. The molecule has 1 atom stereocenters. The fourth-order valence-corrected chi connectivity index (χ4v) is 3.34. The second kappa shape index (κ2) is 12.0. The molecule has 1 unspecified atom stereocenters. The molecule has 0 saturated carbocycles. The van der Waals surface area contributed by atoms with Gasteiger partial charge < -0.3 is 25.2 Å². The summed E-state index contributed by atoms with van der Waals surface area (Å²) in [6, 6.07) is 9.06. The van der Waals surface area contributed by atoms with E-state index in [-0.39, 0.29) is 24.0 Å². The normalized spacial score (nSPS) is 13.1. The van der Waals surface area contributed by atoms with E-state index in [0.717, 1.165) is 10.4 Å². The molecule has 0 radical (unpaired) electrons. The monoisotopic (exact) mass is 533 g/mol. The summed E-state index contributed by atoms with van der Waals surface area (Å²) >= 11 is 1.51. The summed E-state index contributed by atoms with van der Waals surface area (Å²) in [6.45, 7) is 5.14. The third kappa shape index (κ3) is 7.16. The van der Waals surface area contributed by atoms with Gasteiger partial charge in [0, 0.05) is 11.4 Å². The Morgan fingerprint density at radius 2 is 2.03 bits per heavy atom. The van der Waals surface area contributed by atoms with Gasteiger partial charge in [-0.15, -0.1) is 35.3 Å². The fraction of sp³-hybridized carbons (Fsp3) is 0.400. The van der Waals surface area contributed by atoms with Crippen LogP contribution >= 0.6 is 35.3 Å². The zero-order valence-electron chi connectivity index (χ0n) is 17.0. The summed E-state index contributed by atoms with van der Waals surface area (Å²) in [6.07, 6.45) is 0. The van der Waals surface area contributed by atoms with Gasteiger partial charge in [0.2, 0.25) is 0 Å². The lowest BCUT2D eigenvalue weighted by molar-refractivity contribution is 0.0596. The molecule has 9 heteroatoms. The summed E-state index contributed by atoms with van der Waals surface area (Å²) in [5.74, 6) is 0.589. The molecule has 160 valence electrons. The Balaban J connectivity index is 0.00000420. The molecule has 0 aliphatic carbocycles. The summed E-state index contributed by atoms with van der Waals surface area (Å²) in [7, 11) is 2.84. The average molecular weight is 533 g/mol. The second-order valence-corrected chi connectivity index (χ2v) is 7.27. The largest absolute Gasteiger partial charge is 0.496 e. The van der Waals surface area contributed by atoms with Gasteiger partial charge in [0.1, 0.15) is 16.9 Å². The van der Waals surface area contributed by atoms with Crippen LogP contribution < -0.4 is 15.4 Å². The van der Waals surface area contributed by atoms with Crippen LogP contribution in [-0.4, -0.2) is 44.3 Å². The fourth-order valence-electron chi connectivity index (χ4n) is 2.55. The first-order valence-electron chi connectivity index (χ1n) is 8.95. The van der Waals surface area contributed by atoms with Gasteiger partial charge in [-0.25, -0.2) is 9.79 Å². The third-order valence-electron chi connectivity index (χ3n) is 4.09. The number of guanidine groups is 1. The van der Waals surface area contributed by atoms with Crippen molar-refractivity contribution in [2.75, 3.05) is 27.3 Å². The van der Waals surface area contributed by atoms with E-state index in [1.807, 2.05) is 30.5 Å². The van der Waals surface area contributed by atoms with Crippen molar-refractivity contribution in [1.29, 1.82) is 0 Å². The molecule has 0 fully saturated rings. The number of ether oxygens (including phenoxy) is 2. The lowest BCUT2D eigenvalue weighted by atomic mass is 10.1. The van der Waals surface area contributed by atoms with Crippen molar-refractivity contribution >= 4 is 47.2 Å². The van der Waals surface area contributed by atoms with Gasteiger partial charge in [0.15, 0.2) is 5.96 Å². The van der Waals surface area contributed by atoms with E-state index in [4.69, 9.17) is 9.47 Å². The molecule has 7 nitrogen and oxygen atoms in total. The minimum absolute atomic E-state index is 0. The van der Waals surface area contributed by atoms with Crippen LogP contribution in [0.15, 0.2) is 40.7 Å². The molecule has 0 bridgehead atoms. The molecule has 2 aromatic rings. The number of benzene rings is 1. The number of hydrogen-bond acceptors (Lipinski definition) is 6. The van der Waals surface area contributed by atoms with E-state index in [9.17, 15) is 9.90 Å². The van der Waals surface area contributed by atoms with Crippen molar-refractivity contribution < 1.29 is 19.4 Å². The van der Waals surface area contributed by atoms with E-state index in [0.29, 0.717) is 36.9 Å². The van der Waals surface area contributed by atoms with Crippen molar-refractivity contribution in [3.63, 3.8) is 0 Å². The molecule has 0 amide bonds. The quantitative estimate of drug-likeness (QED) is 0.209. The highest BCUT2D eigenvalue weighted by molar-refractivity contribution is 14.0. The Hall–Kier alpha value is -1.85. The number of hydrogen-bond donors (Lipinski definition) is 3. The third-order valence-corrected chi connectivity index (χ3v) is 5.21. The molecule has 0 saturated heterocycles. The zero-order chi connectivity index (χ0) is 20.6. The number of rotatable bonds is 8. The first-order chi connectivity index (χ1) is 13.4. The number of thiophene rings is 1. The average Bonchev–Trinajstić information content (AvgIpc) is 3.25. The van der Waals surface area contributed by atoms with Gasteiger partial charge in [-0.2, -0.15) is 0 Å². The van der Waals surface area contributed by atoms with E-state index >= 15 is 0 Å². The zero-order valence-corrected chi connectivity index (χ0v) is 20.2. The highest BCUT2D eigenvalue weighted by Crippen LogP contribution is 2.24. The minimum Gasteiger partial charge on any atom is -0.496 e. The molecule has 1 aromatic carbocycles. The standard InChI is InChI=1S/C20H27N3O4S.HI/c1-5-21-19(23-13-20(2,25)17-7-6-10-28-17)22-12-14-8-9-15(18(24)27-4)16(11-14)26-3;/h6-11,25H,5,12-13H2,1-4H3,(H2,21,22,23);1H. The van der Waals surface area contributed by atoms with Crippen molar-refractivity contribution in [2.24, 2.45) is 4.99 Å². The molecule has 0 spiro atoms. The van der Waals surface area contributed by atoms with Crippen LogP contribution in [0.4, 0.5) is 0 Å². The molecule has 1 heterocycles. The van der Waals surface area contributed by atoms with Crippen molar-refractivity contribution in [3.05, 3.63) is 51.7 Å². The molecule has 2 rings (SSSR count). The Morgan fingerprint density at radius 1 is 1.28 bits per heavy atom.